The van der Waals surface area contributed by atoms with Crippen LogP contribution < -0.4 is 21.3 Å². The summed E-state index contributed by atoms with van der Waals surface area (Å²) >= 11 is 6.16. The number of nitrogens with two attached hydrogens (primary N) is 1. The fourth-order valence-corrected chi connectivity index (χ4v) is 4.70. The highest BCUT2D eigenvalue weighted by molar-refractivity contribution is 6.38. The molecule has 0 unspecified atom stereocenters. The predicted molar refractivity (Wildman–Crippen MR) is 142 cm³/mol. The number of rotatable bonds is 5. The summed E-state index contributed by atoms with van der Waals surface area (Å²) in [6.45, 7) is 4.64. The smallest absolute Gasteiger partial charge is 0.258 e. The van der Waals surface area contributed by atoms with Crippen molar-refractivity contribution < 1.29 is 9.59 Å². The van der Waals surface area contributed by atoms with E-state index in [9.17, 15) is 9.59 Å². The van der Waals surface area contributed by atoms with Gasteiger partial charge in [-0.15, -0.1) is 0 Å². The van der Waals surface area contributed by atoms with Crippen molar-refractivity contribution in [1.29, 1.82) is 0 Å². The van der Waals surface area contributed by atoms with Crippen LogP contribution in [0, 0.1) is 0 Å². The molecule has 178 valence electrons. The summed E-state index contributed by atoms with van der Waals surface area (Å²) in [7, 11) is 0. The van der Waals surface area contributed by atoms with Crippen molar-refractivity contribution in [1.82, 2.24) is 0 Å². The Morgan fingerprint density at radius 1 is 1.03 bits per heavy atom. The lowest BCUT2D eigenvalue weighted by atomic mass is 9.95. The van der Waals surface area contributed by atoms with Crippen LogP contribution in [0.4, 0.5) is 17.1 Å². The summed E-state index contributed by atoms with van der Waals surface area (Å²) in [5.74, 6) is -0.0679. The molecule has 3 aromatic carbocycles. The first-order valence-corrected chi connectivity index (χ1v) is 12.0. The van der Waals surface area contributed by atoms with Crippen LogP contribution in [0.1, 0.15) is 43.4 Å². The van der Waals surface area contributed by atoms with E-state index in [-0.39, 0.29) is 11.8 Å². The van der Waals surface area contributed by atoms with Gasteiger partial charge in [-0.05, 0) is 67.8 Å². The standard InChI is InChI=1S/C28H27ClN4O2/c1-28(2,30)18-7-10-20(11-8-18)31-26(25-22-14-9-19(29)16-23(22)32-27(25)35)17-5-12-21(13-6-17)33-15-3-4-24(33)34/h5-14,16,31H,3-4,15,30H2,1-2H3,(H,32,35)/b26-25-. The van der Waals surface area contributed by atoms with Gasteiger partial charge >= 0.3 is 0 Å². The molecular weight excluding hydrogens is 460 g/mol. The van der Waals surface area contributed by atoms with E-state index in [2.05, 4.69) is 10.6 Å². The second-order valence-corrected chi connectivity index (χ2v) is 9.95. The zero-order valence-electron chi connectivity index (χ0n) is 19.7. The molecule has 4 N–H and O–H groups in total. The lowest BCUT2D eigenvalue weighted by molar-refractivity contribution is -0.117. The van der Waals surface area contributed by atoms with Gasteiger partial charge < -0.3 is 21.3 Å². The van der Waals surface area contributed by atoms with E-state index >= 15 is 0 Å². The Morgan fingerprint density at radius 3 is 2.37 bits per heavy atom. The Balaban J connectivity index is 1.58. The number of halogens is 1. The number of carbonyl (C=O) groups is 2. The number of nitrogens with zero attached hydrogens (tertiary/aromatic N) is 1. The third kappa shape index (κ3) is 4.55. The molecular formula is C28H27ClN4O2. The minimum absolute atomic E-state index is 0.137. The molecule has 0 aliphatic carbocycles. The van der Waals surface area contributed by atoms with Crippen LogP contribution in [0.25, 0.3) is 11.3 Å². The van der Waals surface area contributed by atoms with Crippen LogP contribution in [0.3, 0.4) is 0 Å². The number of benzene rings is 3. The van der Waals surface area contributed by atoms with Crippen molar-refractivity contribution in [2.45, 2.75) is 32.2 Å². The molecule has 2 aliphatic rings. The van der Waals surface area contributed by atoms with E-state index in [0.717, 1.165) is 41.0 Å². The molecule has 0 saturated carbocycles. The molecule has 35 heavy (non-hydrogen) atoms. The number of hydrogen-bond donors (Lipinski definition) is 3. The van der Waals surface area contributed by atoms with E-state index in [4.69, 9.17) is 17.3 Å². The van der Waals surface area contributed by atoms with E-state index in [1.807, 2.05) is 68.4 Å². The van der Waals surface area contributed by atoms with E-state index < -0.39 is 5.54 Å². The minimum Gasteiger partial charge on any atom is -0.354 e. The highest BCUT2D eigenvalue weighted by atomic mass is 35.5. The normalized spacial score (nSPS) is 16.9. The zero-order chi connectivity index (χ0) is 24.7. The van der Waals surface area contributed by atoms with Gasteiger partial charge in [0.25, 0.3) is 5.91 Å². The van der Waals surface area contributed by atoms with Gasteiger partial charge in [-0.25, -0.2) is 0 Å². The lowest BCUT2D eigenvalue weighted by Crippen LogP contribution is -2.28. The molecule has 0 spiro atoms. The molecule has 1 saturated heterocycles. The van der Waals surface area contributed by atoms with Gasteiger partial charge in [0.2, 0.25) is 5.91 Å². The van der Waals surface area contributed by atoms with Gasteiger partial charge in [0.15, 0.2) is 0 Å². The van der Waals surface area contributed by atoms with Gasteiger partial charge in [0.05, 0.1) is 17.0 Å². The second kappa shape index (κ2) is 8.87. The maximum absolute atomic E-state index is 13.1. The summed E-state index contributed by atoms with van der Waals surface area (Å²) in [6.07, 6.45) is 1.44. The molecule has 3 aromatic rings. The average Bonchev–Trinajstić information content (AvgIpc) is 3.39. The van der Waals surface area contributed by atoms with Crippen LogP contribution in [0.5, 0.6) is 0 Å². The van der Waals surface area contributed by atoms with Crippen LogP contribution in [-0.2, 0) is 15.1 Å². The number of fused-ring (bicyclic) bond motifs is 1. The van der Waals surface area contributed by atoms with Gasteiger partial charge in [-0.3, -0.25) is 9.59 Å². The molecule has 0 bridgehead atoms. The highest BCUT2D eigenvalue weighted by Gasteiger charge is 2.29. The number of anilines is 3. The topological polar surface area (TPSA) is 87.5 Å². The Kier molecular flexibility index (Phi) is 5.87. The number of amides is 2. The largest absolute Gasteiger partial charge is 0.354 e. The molecule has 2 amide bonds. The quantitative estimate of drug-likeness (QED) is 0.410. The molecule has 0 aromatic heterocycles. The first kappa shape index (κ1) is 23.1. The summed E-state index contributed by atoms with van der Waals surface area (Å²) in [5, 5.41) is 6.94. The van der Waals surface area contributed by atoms with Crippen molar-refractivity contribution in [2.24, 2.45) is 5.73 Å². The fraction of sp³-hybridized carbons (Fsp3) is 0.214. The predicted octanol–water partition coefficient (Wildman–Crippen LogP) is 5.59. The van der Waals surface area contributed by atoms with E-state index in [1.54, 1.807) is 17.0 Å². The molecule has 1 fully saturated rings. The molecule has 0 atom stereocenters. The highest BCUT2D eigenvalue weighted by Crippen LogP contribution is 2.39. The Labute approximate surface area is 209 Å². The number of nitrogens with one attached hydrogen (secondary N) is 2. The molecule has 2 heterocycles. The maximum Gasteiger partial charge on any atom is 0.258 e. The number of hydrogen-bond acceptors (Lipinski definition) is 4. The monoisotopic (exact) mass is 486 g/mol. The third-order valence-electron chi connectivity index (χ3n) is 6.42. The zero-order valence-corrected chi connectivity index (χ0v) is 20.4. The molecule has 5 rings (SSSR count). The van der Waals surface area contributed by atoms with Crippen molar-refractivity contribution >= 4 is 51.7 Å². The van der Waals surface area contributed by atoms with E-state index in [0.29, 0.717) is 28.4 Å². The van der Waals surface area contributed by atoms with Gasteiger partial charge in [0, 0.05) is 40.5 Å². The first-order valence-electron chi connectivity index (χ1n) is 11.6. The Bertz CT molecular complexity index is 1340. The van der Waals surface area contributed by atoms with Crippen molar-refractivity contribution in [3.05, 3.63) is 88.4 Å². The Morgan fingerprint density at radius 2 is 1.74 bits per heavy atom. The van der Waals surface area contributed by atoms with Crippen molar-refractivity contribution in [3.8, 4) is 0 Å². The minimum atomic E-state index is -0.452. The van der Waals surface area contributed by atoms with Crippen molar-refractivity contribution in [3.63, 3.8) is 0 Å². The molecule has 0 radical (unpaired) electrons. The number of carbonyl (C=O) groups excluding carboxylic acids is 2. The van der Waals surface area contributed by atoms with E-state index in [1.165, 1.54) is 0 Å². The van der Waals surface area contributed by atoms with Crippen LogP contribution in [0.15, 0.2) is 66.7 Å². The summed E-state index contributed by atoms with van der Waals surface area (Å²) in [4.78, 5) is 27.1. The third-order valence-corrected chi connectivity index (χ3v) is 6.65. The first-order chi connectivity index (χ1) is 16.7. The summed E-state index contributed by atoms with van der Waals surface area (Å²) < 4.78 is 0. The summed E-state index contributed by atoms with van der Waals surface area (Å²) in [5.41, 5.74) is 12.0. The molecule has 6 nitrogen and oxygen atoms in total. The second-order valence-electron chi connectivity index (χ2n) is 9.51. The maximum atomic E-state index is 13.1. The van der Waals surface area contributed by atoms with Gasteiger partial charge in [-0.2, -0.15) is 0 Å². The lowest BCUT2D eigenvalue weighted by Gasteiger charge is -2.21. The Hall–Kier alpha value is -3.61. The molecule has 2 aliphatic heterocycles. The van der Waals surface area contributed by atoms with Gasteiger partial charge in [0.1, 0.15) is 0 Å². The van der Waals surface area contributed by atoms with Crippen LogP contribution in [0.2, 0.25) is 5.02 Å². The fourth-order valence-electron chi connectivity index (χ4n) is 4.53. The van der Waals surface area contributed by atoms with Crippen molar-refractivity contribution in [2.75, 3.05) is 22.1 Å². The van der Waals surface area contributed by atoms with Gasteiger partial charge in [-0.1, -0.05) is 41.9 Å². The summed E-state index contributed by atoms with van der Waals surface area (Å²) in [6, 6.07) is 21.0. The van der Waals surface area contributed by atoms with Crippen LogP contribution in [-0.4, -0.2) is 18.4 Å². The average molecular weight is 487 g/mol. The molecule has 7 heteroatoms. The van der Waals surface area contributed by atoms with Crippen LogP contribution >= 0.6 is 11.6 Å². The SMILES string of the molecule is CC(C)(N)c1ccc(N/C(=C2\C(=O)Nc3cc(Cl)ccc32)c2ccc(N3CCCC3=O)cc2)cc1.